The van der Waals surface area contributed by atoms with Crippen molar-refractivity contribution in [1.82, 2.24) is 0 Å². The molecule has 0 amide bonds. The molecule has 0 atom stereocenters. The Morgan fingerprint density at radius 1 is 0.529 bits per heavy atom. The fourth-order valence-electron chi connectivity index (χ4n) is 0. The van der Waals surface area contributed by atoms with Gasteiger partial charge in [-0.3, -0.25) is 0 Å². The minimum absolute atomic E-state index is 0.861. The summed E-state index contributed by atoms with van der Waals surface area (Å²) in [5.41, 5.74) is 0. The minimum atomic E-state index is -0.861. The third-order valence-corrected chi connectivity index (χ3v) is 0. The van der Waals surface area contributed by atoms with E-state index in [-0.39, 0.29) is 0 Å². The van der Waals surface area contributed by atoms with E-state index in [4.69, 9.17) is 4.21 Å². The van der Waals surface area contributed by atoms with Gasteiger partial charge in [-0.15, -0.1) is 24.2 Å². The monoisotopic (exact) mass is 327 g/mol. The van der Waals surface area contributed by atoms with Crippen LogP contribution in [0.5, 0.6) is 0 Å². The first-order valence-corrected chi connectivity index (χ1v) is 17.6. The van der Waals surface area contributed by atoms with Gasteiger partial charge in [-0.05, 0) is 0 Å². The van der Waals surface area contributed by atoms with Crippen LogP contribution in [0.15, 0.2) is 0 Å². The van der Waals surface area contributed by atoms with Crippen molar-refractivity contribution in [3.63, 3.8) is 0 Å². The topological polar surface area (TPSA) is 23.9 Å². The summed E-state index contributed by atoms with van der Waals surface area (Å²) in [6.45, 7) is 31.7. The van der Waals surface area contributed by atoms with Gasteiger partial charge in [-0.2, -0.15) is 0 Å². The van der Waals surface area contributed by atoms with Crippen LogP contribution in [0.25, 0.3) is 0 Å². The van der Waals surface area contributed by atoms with Crippen molar-refractivity contribution in [3.05, 3.63) is 19.6 Å². The zero-order chi connectivity index (χ0) is 15.5. The Hall–Kier alpha value is 1.04. The molecule has 107 valence electrons. The van der Waals surface area contributed by atoms with E-state index < -0.39 is 24.2 Å². The first-order chi connectivity index (χ1) is 7.00. The van der Waals surface area contributed by atoms with Crippen LogP contribution in [0.3, 0.4) is 0 Å². The molecule has 0 saturated carbocycles. The van der Waals surface area contributed by atoms with Gasteiger partial charge in [0.05, 0.1) is 0 Å². The Morgan fingerprint density at radius 2 is 0.529 bits per heavy atom. The van der Waals surface area contributed by atoms with Crippen molar-refractivity contribution in [2.75, 3.05) is 0 Å². The van der Waals surface area contributed by atoms with Crippen molar-refractivity contribution in [2.45, 2.75) is 58.9 Å². The van der Waals surface area contributed by atoms with Crippen LogP contribution in [-0.2, 0) is 17.2 Å². The van der Waals surface area contributed by atoms with E-state index in [9.17, 15) is 0 Å². The predicted molar refractivity (Wildman–Crippen MR) is 88.8 cm³/mol. The molecule has 0 aliphatic heterocycles. The second-order valence-corrected chi connectivity index (χ2v) is 23.0. The van der Waals surface area contributed by atoms with Crippen LogP contribution in [0.2, 0.25) is 58.9 Å². The summed E-state index contributed by atoms with van der Waals surface area (Å²) in [5, 5.41) is 0. The van der Waals surface area contributed by atoms with Gasteiger partial charge in [0.25, 0.3) is 0 Å². The average molecular weight is 328 g/mol. The van der Waals surface area contributed by atoms with Gasteiger partial charge in [-0.1, -0.05) is 58.9 Å². The van der Waals surface area contributed by atoms with Crippen molar-refractivity contribution in [3.8, 4) is 0 Å². The molecule has 0 bridgehead atoms. The van der Waals surface area contributed by atoms with E-state index in [1.807, 2.05) is 0 Å². The summed E-state index contributed by atoms with van der Waals surface area (Å²) < 4.78 is 5.69. The van der Waals surface area contributed by atoms with Crippen molar-refractivity contribution in [2.24, 2.45) is 0 Å². The van der Waals surface area contributed by atoms with Gasteiger partial charge in [0, 0.05) is 0 Å². The van der Waals surface area contributed by atoms with Gasteiger partial charge >= 0.3 is 21.4 Å². The molecule has 0 saturated heterocycles. The molecule has 0 aliphatic rings. The van der Waals surface area contributed by atoms with Crippen LogP contribution < -0.4 is 0 Å². The summed E-state index contributed by atoms with van der Waals surface area (Å²) in [7, 11) is -2.58. The Morgan fingerprint density at radius 3 is 0.529 bits per heavy atom. The molecule has 0 rings (SSSR count). The molecule has 0 aromatic carbocycles. The Balaban J connectivity index is -0.0000000693. The van der Waals surface area contributed by atoms with Crippen LogP contribution in [0.4, 0.5) is 0 Å². The first-order valence-electron chi connectivity index (χ1n) is 5.78. The molecule has 1 N–H and O–H groups in total. The van der Waals surface area contributed by atoms with Crippen LogP contribution in [0.1, 0.15) is 0 Å². The van der Waals surface area contributed by atoms with Gasteiger partial charge in [0.2, 0.25) is 0 Å². The maximum absolute atomic E-state index is 5.69. The summed E-state index contributed by atoms with van der Waals surface area (Å²) in [6.07, 6.45) is 0. The normalized spacial score (nSPS) is 10.8. The Bertz CT molecular complexity index is 108. The SMILES string of the molecule is [CH2-][Si](C)(C)C.[CH2-][Si](C)(C)C.[CH2-][Si](C)(C)C.[NH]=[V]. The predicted octanol–water partition coefficient (Wildman–Crippen LogP) is 5.39. The van der Waals surface area contributed by atoms with Crippen LogP contribution in [0, 0.1) is 23.8 Å². The van der Waals surface area contributed by atoms with Gasteiger partial charge in [0.15, 0.2) is 0 Å². The zero-order valence-corrected chi connectivity index (χ0v) is 18.0. The quantitative estimate of drug-likeness (QED) is 0.455. The second kappa shape index (κ2) is 12.1. The maximum atomic E-state index is 5.69. The van der Waals surface area contributed by atoms with E-state index in [1.165, 1.54) is 0 Å². The molecule has 0 fully saturated rings. The first kappa shape index (κ1) is 26.6. The van der Waals surface area contributed by atoms with Gasteiger partial charge < -0.3 is 19.6 Å². The molecule has 1 nitrogen and oxygen atoms in total. The van der Waals surface area contributed by atoms with E-state index in [1.54, 1.807) is 17.2 Å². The average Bonchev–Trinajstić information content (AvgIpc) is 1.77. The summed E-state index contributed by atoms with van der Waals surface area (Å²) in [6, 6.07) is 0. The molecule has 17 heavy (non-hydrogen) atoms. The Kier molecular flexibility index (Phi) is 18.9. The zero-order valence-electron chi connectivity index (χ0n) is 13.6. The van der Waals surface area contributed by atoms with Crippen molar-refractivity contribution < 1.29 is 17.2 Å². The van der Waals surface area contributed by atoms with Gasteiger partial charge in [0.1, 0.15) is 0 Å². The molecule has 0 aromatic heterocycles. The number of hydrogen-bond acceptors (Lipinski definition) is 1. The van der Waals surface area contributed by atoms with Crippen LogP contribution >= 0.6 is 0 Å². The molecule has 5 heteroatoms. The number of nitrogens with one attached hydrogen (secondary N) is 1. The molecular weight excluding hydrogens is 293 g/mol. The fourth-order valence-corrected chi connectivity index (χ4v) is 0. The fraction of sp³-hybridized carbons (Fsp3) is 0.750. The van der Waals surface area contributed by atoms with Crippen LogP contribution in [-0.4, -0.2) is 24.2 Å². The molecule has 0 aromatic rings. The summed E-state index contributed by atoms with van der Waals surface area (Å²) >= 11 is 1.56. The van der Waals surface area contributed by atoms with Crippen molar-refractivity contribution in [1.29, 1.82) is 4.21 Å². The second-order valence-electron chi connectivity index (χ2n) is 7.68. The summed E-state index contributed by atoms with van der Waals surface area (Å²) in [5.74, 6) is 0. The molecule has 0 heterocycles. The summed E-state index contributed by atoms with van der Waals surface area (Å²) in [4.78, 5) is 0. The molecular formula is C12H34NSi3V-3. The van der Waals surface area contributed by atoms with E-state index in [2.05, 4.69) is 78.6 Å². The van der Waals surface area contributed by atoms with Gasteiger partial charge in [-0.25, -0.2) is 0 Å². The van der Waals surface area contributed by atoms with E-state index >= 15 is 0 Å². The standard InChI is InChI=1S/3C4H11Si.HN.V/c3*1-5(2,3)4;;/h3*1H2,2-4H3;1H;/q3*-1;;. The molecule has 0 unspecified atom stereocenters. The van der Waals surface area contributed by atoms with E-state index in [0.717, 1.165) is 0 Å². The Labute approximate surface area is 124 Å². The molecule has 0 radical (unpaired) electrons. The third kappa shape index (κ3) is 3590. The number of hydrogen-bond donors (Lipinski definition) is 1. The third-order valence-electron chi connectivity index (χ3n) is 0. The number of rotatable bonds is 0. The van der Waals surface area contributed by atoms with Crippen molar-refractivity contribution >= 4 is 24.2 Å². The molecule has 0 aliphatic carbocycles. The molecule has 0 spiro atoms. The van der Waals surface area contributed by atoms with E-state index in [0.29, 0.717) is 0 Å².